The number of nitrogens with one attached hydrogen (secondary N) is 2. The van der Waals surface area contributed by atoms with Gasteiger partial charge in [-0.3, -0.25) is 9.79 Å². The van der Waals surface area contributed by atoms with Crippen LogP contribution in [0.25, 0.3) is 0 Å². The molecule has 1 atom stereocenters. The maximum absolute atomic E-state index is 13.2. The number of methoxy groups -OCH3 is 1. The third kappa shape index (κ3) is 7.83. The van der Waals surface area contributed by atoms with Crippen LogP contribution in [0.5, 0.6) is 0 Å². The van der Waals surface area contributed by atoms with Crippen LogP contribution in [0.1, 0.15) is 51.5 Å². The van der Waals surface area contributed by atoms with E-state index in [0.717, 1.165) is 24.8 Å². The molecule has 13 heteroatoms. The van der Waals surface area contributed by atoms with Gasteiger partial charge in [0.25, 0.3) is 0 Å². The molecule has 38 heavy (non-hydrogen) atoms. The number of amides is 1. The molecular formula is C25H36ClF3N4O4S. The summed E-state index contributed by atoms with van der Waals surface area (Å²) >= 11 is 5.98. The van der Waals surface area contributed by atoms with Gasteiger partial charge in [0.2, 0.25) is 15.9 Å². The SMILES string of the molecule is COCCS(=O)(=O)N(CCC1(C2=NC(C)(C)[C@H](C(=O)NCCC(F)(F)F)N2)CCC1)Cc1ccc(Cl)cc1. The van der Waals surface area contributed by atoms with Gasteiger partial charge in [-0.1, -0.05) is 30.2 Å². The van der Waals surface area contributed by atoms with Crippen LogP contribution in [0.15, 0.2) is 29.3 Å². The number of carbonyl (C=O) groups excluding carboxylic acids is 1. The Morgan fingerprint density at radius 1 is 1.26 bits per heavy atom. The molecule has 8 nitrogen and oxygen atoms in total. The number of hydrogen-bond donors (Lipinski definition) is 2. The lowest BCUT2D eigenvalue weighted by Crippen LogP contribution is -2.55. The minimum absolute atomic E-state index is 0.0676. The molecular weight excluding hydrogens is 545 g/mol. The number of hydrogen-bond acceptors (Lipinski definition) is 6. The molecule has 0 spiro atoms. The van der Waals surface area contributed by atoms with E-state index in [1.807, 2.05) is 0 Å². The highest BCUT2D eigenvalue weighted by Gasteiger charge is 2.50. The van der Waals surface area contributed by atoms with Gasteiger partial charge < -0.3 is 15.4 Å². The highest BCUT2D eigenvalue weighted by atomic mass is 35.5. The minimum Gasteiger partial charge on any atom is -0.384 e. The molecule has 1 aliphatic heterocycles. The molecule has 3 rings (SSSR count). The smallest absolute Gasteiger partial charge is 0.384 e. The number of sulfonamides is 1. The second kappa shape index (κ2) is 12.1. The van der Waals surface area contributed by atoms with Gasteiger partial charge in [-0.05, 0) is 50.8 Å². The van der Waals surface area contributed by atoms with Crippen LogP contribution in [0.4, 0.5) is 13.2 Å². The number of nitrogens with zero attached hydrogens (tertiary/aromatic N) is 2. The van der Waals surface area contributed by atoms with E-state index >= 15 is 0 Å². The Morgan fingerprint density at radius 3 is 2.47 bits per heavy atom. The number of aliphatic imine (C=N–C) groups is 1. The maximum atomic E-state index is 13.2. The summed E-state index contributed by atoms with van der Waals surface area (Å²) in [4.78, 5) is 17.5. The molecule has 2 aliphatic rings. The monoisotopic (exact) mass is 580 g/mol. The lowest BCUT2D eigenvalue weighted by atomic mass is 9.65. The van der Waals surface area contributed by atoms with Gasteiger partial charge in [0.05, 0.1) is 24.3 Å². The van der Waals surface area contributed by atoms with E-state index in [9.17, 15) is 26.4 Å². The summed E-state index contributed by atoms with van der Waals surface area (Å²) in [5.74, 6) is -0.0827. The standard InChI is InChI=1S/C25H36ClF3N4O4S/c1-23(2)20(21(34)30-13-11-25(27,28)29)31-22(32-23)24(9-4-10-24)12-14-33(38(35,36)16-15-37-3)17-18-5-7-19(26)8-6-18/h5-8,20H,4,9-17H2,1-3H3,(H,30,34)(H,31,32)/t20-/m0/s1. The number of alkyl halides is 3. The highest BCUT2D eigenvalue weighted by Crippen LogP contribution is 2.47. The fourth-order valence-electron chi connectivity index (χ4n) is 4.76. The van der Waals surface area contributed by atoms with Gasteiger partial charge in [0, 0.05) is 37.2 Å². The molecule has 1 saturated carbocycles. The van der Waals surface area contributed by atoms with Gasteiger partial charge in [-0.2, -0.15) is 17.5 Å². The van der Waals surface area contributed by atoms with Crippen LogP contribution in [-0.2, 0) is 26.1 Å². The number of halogens is 4. The summed E-state index contributed by atoms with van der Waals surface area (Å²) in [6, 6.07) is 6.17. The van der Waals surface area contributed by atoms with Crippen molar-refractivity contribution in [1.29, 1.82) is 0 Å². The van der Waals surface area contributed by atoms with E-state index in [4.69, 9.17) is 21.3 Å². The topological polar surface area (TPSA) is 100 Å². The fraction of sp³-hybridized carbons (Fsp3) is 0.680. The van der Waals surface area contributed by atoms with Crippen molar-refractivity contribution in [3.63, 3.8) is 0 Å². The maximum Gasteiger partial charge on any atom is 0.390 e. The number of amidine groups is 1. The van der Waals surface area contributed by atoms with Crippen LogP contribution >= 0.6 is 11.6 Å². The van der Waals surface area contributed by atoms with Crippen LogP contribution < -0.4 is 10.6 Å². The summed E-state index contributed by atoms with van der Waals surface area (Å²) < 4.78 is 70.3. The lowest BCUT2D eigenvalue weighted by molar-refractivity contribution is -0.136. The molecule has 0 saturated heterocycles. The molecule has 0 aromatic heterocycles. The summed E-state index contributed by atoms with van der Waals surface area (Å²) in [6.45, 7) is 3.49. The van der Waals surface area contributed by atoms with E-state index in [1.165, 1.54) is 11.4 Å². The lowest BCUT2D eigenvalue weighted by Gasteiger charge is -2.43. The van der Waals surface area contributed by atoms with Crippen molar-refractivity contribution < 1.29 is 31.1 Å². The minimum atomic E-state index is -4.36. The summed E-state index contributed by atoms with van der Waals surface area (Å²) in [5.41, 5.74) is -0.507. The third-order valence-corrected chi connectivity index (χ3v) is 9.25. The van der Waals surface area contributed by atoms with Crippen LogP contribution in [0.3, 0.4) is 0 Å². The fourth-order valence-corrected chi connectivity index (χ4v) is 6.24. The van der Waals surface area contributed by atoms with Gasteiger partial charge in [-0.15, -0.1) is 0 Å². The van der Waals surface area contributed by atoms with Gasteiger partial charge >= 0.3 is 6.18 Å². The molecule has 1 aromatic rings. The molecule has 1 fully saturated rings. The average Bonchev–Trinajstić information content (AvgIpc) is 3.11. The van der Waals surface area contributed by atoms with Crippen LogP contribution in [-0.4, -0.2) is 74.8 Å². The highest BCUT2D eigenvalue weighted by molar-refractivity contribution is 7.89. The molecule has 1 aliphatic carbocycles. The third-order valence-electron chi connectivity index (χ3n) is 7.22. The first kappa shape index (κ1) is 30.6. The number of carbonyl (C=O) groups is 1. The molecule has 1 amide bonds. The quantitative estimate of drug-likeness (QED) is 0.369. The normalized spacial score (nSPS) is 20.5. The number of rotatable bonds is 13. The zero-order chi connectivity index (χ0) is 28.2. The Labute approximate surface area is 227 Å². The predicted molar refractivity (Wildman–Crippen MR) is 141 cm³/mol. The first-order chi connectivity index (χ1) is 17.7. The average molecular weight is 581 g/mol. The summed E-state index contributed by atoms with van der Waals surface area (Å²) in [5, 5.41) is 6.10. The van der Waals surface area contributed by atoms with Crippen molar-refractivity contribution in [3.8, 4) is 0 Å². The Hall–Kier alpha value is -1.89. The Bertz CT molecular complexity index is 1110. The van der Waals surface area contributed by atoms with Crippen molar-refractivity contribution >= 4 is 33.4 Å². The van der Waals surface area contributed by atoms with E-state index in [2.05, 4.69) is 10.6 Å². The van der Waals surface area contributed by atoms with Crippen molar-refractivity contribution in [2.75, 3.05) is 32.6 Å². The van der Waals surface area contributed by atoms with Crippen LogP contribution in [0.2, 0.25) is 5.02 Å². The molecule has 0 radical (unpaired) electrons. The zero-order valence-electron chi connectivity index (χ0n) is 21.9. The van der Waals surface area contributed by atoms with Crippen molar-refractivity contribution in [3.05, 3.63) is 34.9 Å². The van der Waals surface area contributed by atoms with Crippen molar-refractivity contribution in [2.45, 2.75) is 70.3 Å². The molecule has 0 unspecified atom stereocenters. The molecule has 1 aromatic carbocycles. The van der Waals surface area contributed by atoms with E-state index in [-0.39, 0.29) is 25.4 Å². The van der Waals surface area contributed by atoms with Gasteiger partial charge in [0.15, 0.2) is 0 Å². The molecule has 2 N–H and O–H groups in total. The Balaban J connectivity index is 1.73. The largest absolute Gasteiger partial charge is 0.390 e. The van der Waals surface area contributed by atoms with E-state index < -0.39 is 52.1 Å². The second-order valence-electron chi connectivity index (χ2n) is 10.5. The first-order valence-corrected chi connectivity index (χ1v) is 14.6. The van der Waals surface area contributed by atoms with E-state index in [0.29, 0.717) is 17.3 Å². The van der Waals surface area contributed by atoms with E-state index in [1.54, 1.807) is 38.1 Å². The first-order valence-electron chi connectivity index (χ1n) is 12.6. The zero-order valence-corrected chi connectivity index (χ0v) is 23.5. The van der Waals surface area contributed by atoms with Gasteiger partial charge in [0.1, 0.15) is 11.9 Å². The van der Waals surface area contributed by atoms with Crippen molar-refractivity contribution in [1.82, 2.24) is 14.9 Å². The van der Waals surface area contributed by atoms with Gasteiger partial charge in [-0.25, -0.2) is 8.42 Å². The second-order valence-corrected chi connectivity index (χ2v) is 13.0. The number of ether oxygens (including phenoxy) is 1. The van der Waals surface area contributed by atoms with Crippen molar-refractivity contribution in [2.24, 2.45) is 10.4 Å². The van der Waals surface area contributed by atoms with Crippen LogP contribution in [0, 0.1) is 5.41 Å². The Kier molecular flexibility index (Phi) is 9.76. The molecule has 1 heterocycles. The Morgan fingerprint density at radius 2 is 1.92 bits per heavy atom. The number of benzene rings is 1. The molecule has 214 valence electrons. The predicted octanol–water partition coefficient (Wildman–Crippen LogP) is 3.90. The summed E-state index contributed by atoms with van der Waals surface area (Å²) in [7, 11) is -2.19. The summed E-state index contributed by atoms with van der Waals surface area (Å²) in [6.07, 6.45) is -2.52. The molecule has 0 bridgehead atoms.